The Hall–Kier alpha value is -3.46. The number of amides is 2. The van der Waals surface area contributed by atoms with Crippen LogP contribution in [-0.4, -0.2) is 53.9 Å². The van der Waals surface area contributed by atoms with Crippen molar-refractivity contribution in [1.29, 1.82) is 0 Å². The molecular formula is C25H26FN3O5. The molecule has 1 N–H and O–H groups in total. The Morgan fingerprint density at radius 2 is 2.03 bits per heavy atom. The van der Waals surface area contributed by atoms with E-state index in [-0.39, 0.29) is 35.0 Å². The van der Waals surface area contributed by atoms with Crippen LogP contribution in [0, 0.1) is 5.82 Å². The minimum absolute atomic E-state index is 0.0692. The molecule has 2 fully saturated rings. The summed E-state index contributed by atoms with van der Waals surface area (Å²) in [5.74, 6) is -0.685. The Morgan fingerprint density at radius 1 is 1.18 bits per heavy atom. The second-order valence-electron chi connectivity index (χ2n) is 8.75. The quantitative estimate of drug-likeness (QED) is 0.594. The highest BCUT2D eigenvalue weighted by molar-refractivity contribution is 5.94. The molecule has 0 spiro atoms. The summed E-state index contributed by atoms with van der Waals surface area (Å²) in [4.78, 5) is 31.0. The number of nitrogens with one attached hydrogen (secondary N) is 1. The number of carbonyl (C=O) groups excluding carboxylic acids is 2. The van der Waals surface area contributed by atoms with Crippen LogP contribution in [0.3, 0.4) is 0 Å². The molecule has 34 heavy (non-hydrogen) atoms. The summed E-state index contributed by atoms with van der Waals surface area (Å²) in [6.07, 6.45) is 2.68. The number of benzene rings is 2. The molecule has 9 heteroatoms. The van der Waals surface area contributed by atoms with Crippen molar-refractivity contribution in [3.63, 3.8) is 0 Å². The molecule has 2 heterocycles. The van der Waals surface area contributed by atoms with Crippen molar-refractivity contribution in [1.82, 2.24) is 15.2 Å². The van der Waals surface area contributed by atoms with Gasteiger partial charge < -0.3 is 24.1 Å². The number of aromatic nitrogens is 1. The molecule has 0 unspecified atom stereocenters. The lowest BCUT2D eigenvalue weighted by Gasteiger charge is -2.25. The van der Waals surface area contributed by atoms with Crippen LogP contribution in [0.25, 0.3) is 22.6 Å². The average Bonchev–Trinajstić information content (AvgIpc) is 3.59. The van der Waals surface area contributed by atoms with Crippen molar-refractivity contribution in [2.75, 3.05) is 13.7 Å². The Morgan fingerprint density at radius 3 is 2.79 bits per heavy atom. The van der Waals surface area contributed by atoms with E-state index in [9.17, 15) is 14.0 Å². The average molecular weight is 467 g/mol. The third-order valence-electron chi connectivity index (χ3n) is 6.46. The van der Waals surface area contributed by atoms with Crippen LogP contribution in [0.2, 0.25) is 0 Å². The van der Waals surface area contributed by atoms with Crippen LogP contribution in [0.5, 0.6) is 0 Å². The third kappa shape index (κ3) is 4.61. The highest BCUT2D eigenvalue weighted by atomic mass is 19.1. The summed E-state index contributed by atoms with van der Waals surface area (Å²) >= 11 is 0. The van der Waals surface area contributed by atoms with Gasteiger partial charge in [0.15, 0.2) is 5.58 Å². The fraction of sp³-hybridized carbons (Fsp3) is 0.400. The molecule has 2 aromatic carbocycles. The molecule has 2 aliphatic rings. The van der Waals surface area contributed by atoms with Gasteiger partial charge in [0.05, 0.1) is 12.2 Å². The highest BCUT2D eigenvalue weighted by Crippen LogP contribution is 2.29. The Labute approximate surface area is 196 Å². The molecule has 178 valence electrons. The molecule has 3 aromatic rings. The van der Waals surface area contributed by atoms with E-state index in [1.54, 1.807) is 30.1 Å². The van der Waals surface area contributed by atoms with Crippen LogP contribution in [0.4, 0.5) is 9.18 Å². The second-order valence-corrected chi connectivity index (χ2v) is 8.75. The topological polar surface area (TPSA) is 93.9 Å². The lowest BCUT2D eigenvalue weighted by molar-refractivity contribution is -0.0685. The maximum Gasteiger partial charge on any atom is 0.409 e. The zero-order chi connectivity index (χ0) is 23.7. The summed E-state index contributed by atoms with van der Waals surface area (Å²) in [7, 11) is 1.70. The maximum atomic E-state index is 14.9. The molecule has 1 aliphatic heterocycles. The molecule has 5 rings (SSSR count). The van der Waals surface area contributed by atoms with E-state index in [0.29, 0.717) is 30.5 Å². The minimum atomic E-state index is -0.575. The number of halogens is 1. The van der Waals surface area contributed by atoms with Gasteiger partial charge in [-0.3, -0.25) is 4.79 Å². The number of fused-ring (bicyclic) bond motifs is 1. The molecule has 1 aliphatic carbocycles. The van der Waals surface area contributed by atoms with E-state index in [1.165, 1.54) is 12.1 Å². The number of ether oxygens (including phenoxy) is 2. The van der Waals surface area contributed by atoms with Crippen molar-refractivity contribution in [2.45, 2.75) is 50.5 Å². The van der Waals surface area contributed by atoms with Crippen molar-refractivity contribution in [2.24, 2.45) is 0 Å². The largest absolute Gasteiger partial charge is 0.436 e. The molecule has 1 aromatic heterocycles. The zero-order valence-electron chi connectivity index (χ0n) is 18.8. The first-order chi connectivity index (χ1) is 16.5. The van der Waals surface area contributed by atoms with Crippen LogP contribution in [0.15, 0.2) is 46.9 Å². The van der Waals surface area contributed by atoms with Gasteiger partial charge in [-0.15, -0.1) is 0 Å². The van der Waals surface area contributed by atoms with Crippen molar-refractivity contribution < 1.29 is 27.9 Å². The SMILES string of the molecule is CN(C(=O)c1ccc(-c2nc3ccccc3o2)c(F)c1)[C@@H]1CC[C@H](NC(=O)O[C@H]2CCCO2)C1. The summed E-state index contributed by atoms with van der Waals surface area (Å²) in [5, 5.41) is 2.86. The van der Waals surface area contributed by atoms with Gasteiger partial charge in [0.25, 0.3) is 5.91 Å². The molecule has 3 atom stereocenters. The molecule has 1 saturated carbocycles. The van der Waals surface area contributed by atoms with Gasteiger partial charge in [0.1, 0.15) is 11.3 Å². The zero-order valence-corrected chi connectivity index (χ0v) is 18.8. The Kier molecular flexibility index (Phi) is 6.19. The van der Waals surface area contributed by atoms with E-state index in [1.807, 2.05) is 12.1 Å². The standard InChI is InChI=1S/C25H26FN3O5/c1-29(17-10-9-16(14-17)27-25(31)34-22-7-4-12-32-22)24(30)15-8-11-18(19(26)13-15)23-28-20-5-2-3-6-21(20)33-23/h2-3,5-6,8,11,13,16-17,22H,4,7,9-10,12,14H2,1H3,(H,27,31)/t16-,17+,22-/m0/s1. The summed E-state index contributed by atoms with van der Waals surface area (Å²) in [5.41, 5.74) is 1.65. The van der Waals surface area contributed by atoms with Crippen molar-refractivity contribution in [3.8, 4) is 11.5 Å². The Bertz CT molecular complexity index is 1170. The number of carbonyl (C=O) groups is 2. The lowest BCUT2D eigenvalue weighted by Crippen LogP contribution is -2.39. The Balaban J connectivity index is 1.21. The predicted molar refractivity (Wildman–Crippen MR) is 122 cm³/mol. The second kappa shape index (κ2) is 9.42. The van der Waals surface area contributed by atoms with Crippen molar-refractivity contribution >= 4 is 23.1 Å². The third-order valence-corrected chi connectivity index (χ3v) is 6.46. The highest BCUT2D eigenvalue weighted by Gasteiger charge is 2.32. The summed E-state index contributed by atoms with van der Waals surface area (Å²) < 4.78 is 31.1. The number of rotatable bonds is 5. The van der Waals surface area contributed by atoms with Crippen LogP contribution in [0.1, 0.15) is 42.5 Å². The number of para-hydroxylation sites is 2. The van der Waals surface area contributed by atoms with E-state index in [2.05, 4.69) is 10.3 Å². The first-order valence-electron chi connectivity index (χ1n) is 11.5. The van der Waals surface area contributed by atoms with E-state index >= 15 is 0 Å². The van der Waals surface area contributed by atoms with Gasteiger partial charge in [-0.2, -0.15) is 0 Å². The first-order valence-corrected chi connectivity index (χ1v) is 11.5. The van der Waals surface area contributed by atoms with Gasteiger partial charge in [0, 0.05) is 31.1 Å². The van der Waals surface area contributed by atoms with Gasteiger partial charge in [-0.05, 0) is 56.0 Å². The fourth-order valence-electron chi connectivity index (χ4n) is 4.58. The van der Waals surface area contributed by atoms with Gasteiger partial charge in [-0.1, -0.05) is 12.1 Å². The monoisotopic (exact) mass is 467 g/mol. The fourth-order valence-corrected chi connectivity index (χ4v) is 4.58. The number of hydrogen-bond donors (Lipinski definition) is 1. The first kappa shape index (κ1) is 22.3. The number of alkyl carbamates (subject to hydrolysis) is 1. The molecular weight excluding hydrogens is 441 g/mol. The van der Waals surface area contributed by atoms with E-state index < -0.39 is 18.2 Å². The van der Waals surface area contributed by atoms with Crippen LogP contribution >= 0.6 is 0 Å². The normalized spacial score (nSPS) is 22.1. The lowest BCUT2D eigenvalue weighted by atomic mass is 10.1. The summed E-state index contributed by atoms with van der Waals surface area (Å²) in [6.45, 7) is 0.604. The molecule has 8 nitrogen and oxygen atoms in total. The number of oxazole rings is 1. The van der Waals surface area contributed by atoms with Crippen molar-refractivity contribution in [3.05, 3.63) is 53.8 Å². The van der Waals surface area contributed by atoms with Gasteiger partial charge in [0.2, 0.25) is 12.2 Å². The molecule has 0 bridgehead atoms. The molecule has 1 saturated heterocycles. The summed E-state index contributed by atoms with van der Waals surface area (Å²) in [6, 6.07) is 11.4. The molecule has 2 amide bonds. The van der Waals surface area contributed by atoms with Crippen LogP contribution in [-0.2, 0) is 9.47 Å². The van der Waals surface area contributed by atoms with Crippen LogP contribution < -0.4 is 5.32 Å². The predicted octanol–water partition coefficient (Wildman–Crippen LogP) is 4.49. The number of nitrogens with zero attached hydrogens (tertiary/aromatic N) is 2. The van der Waals surface area contributed by atoms with Gasteiger partial charge >= 0.3 is 6.09 Å². The maximum absolute atomic E-state index is 14.9. The smallest absolute Gasteiger partial charge is 0.409 e. The molecule has 0 radical (unpaired) electrons. The number of hydrogen-bond acceptors (Lipinski definition) is 6. The van der Waals surface area contributed by atoms with E-state index in [0.717, 1.165) is 19.3 Å². The minimum Gasteiger partial charge on any atom is -0.436 e. The van der Waals surface area contributed by atoms with E-state index in [4.69, 9.17) is 13.9 Å². The van der Waals surface area contributed by atoms with Gasteiger partial charge in [-0.25, -0.2) is 14.2 Å².